The zero-order chi connectivity index (χ0) is 18.0. The number of aromatic nitrogens is 2. The molecule has 0 bridgehead atoms. The second-order valence-electron chi connectivity index (χ2n) is 9.20. The van der Waals surface area contributed by atoms with Gasteiger partial charge in [0.25, 0.3) is 0 Å². The summed E-state index contributed by atoms with van der Waals surface area (Å²) in [5.74, 6) is 2.65. The average Bonchev–Trinajstić information content (AvgIpc) is 3.42. The smallest absolute Gasteiger partial charge is 0.135 e. The molecule has 0 radical (unpaired) electrons. The van der Waals surface area contributed by atoms with Crippen LogP contribution in [0.5, 0.6) is 0 Å². The van der Waals surface area contributed by atoms with E-state index in [1.165, 1.54) is 54.9 Å². The number of nitrogens with one attached hydrogen (secondary N) is 1. The van der Waals surface area contributed by atoms with E-state index in [0.717, 1.165) is 32.0 Å². The van der Waals surface area contributed by atoms with E-state index in [-0.39, 0.29) is 24.8 Å². The molecular weight excluding hydrogens is 403 g/mol. The minimum absolute atomic E-state index is 0. The topological polar surface area (TPSA) is 41.1 Å². The monoisotopic (exact) mass is 432 g/mol. The molecule has 1 saturated carbocycles. The fourth-order valence-electron chi connectivity index (χ4n) is 5.65. The highest BCUT2D eigenvalue weighted by Crippen LogP contribution is 2.48. The molecule has 4 nitrogen and oxygen atoms in total. The summed E-state index contributed by atoms with van der Waals surface area (Å²) in [5.41, 5.74) is 7.57. The Morgan fingerprint density at radius 1 is 1.07 bits per heavy atom. The van der Waals surface area contributed by atoms with Crippen LogP contribution in [0.15, 0.2) is 24.5 Å². The first-order chi connectivity index (χ1) is 13.2. The van der Waals surface area contributed by atoms with Crippen molar-refractivity contribution < 1.29 is 0 Å². The van der Waals surface area contributed by atoms with E-state index < -0.39 is 0 Å². The molecule has 0 amide bonds. The minimum atomic E-state index is 0. The molecule has 2 fully saturated rings. The van der Waals surface area contributed by atoms with Crippen LogP contribution >= 0.6 is 24.8 Å². The number of rotatable bonds is 2. The number of anilines is 2. The van der Waals surface area contributed by atoms with Crippen LogP contribution in [0, 0.1) is 0 Å². The van der Waals surface area contributed by atoms with Crippen molar-refractivity contribution in [2.45, 2.75) is 62.7 Å². The molecule has 6 rings (SSSR count). The van der Waals surface area contributed by atoms with Crippen LogP contribution in [0.3, 0.4) is 0 Å². The first-order valence-electron chi connectivity index (χ1n) is 10.7. The summed E-state index contributed by atoms with van der Waals surface area (Å²) >= 11 is 0. The van der Waals surface area contributed by atoms with Crippen LogP contribution < -0.4 is 10.2 Å². The van der Waals surface area contributed by atoms with Crippen molar-refractivity contribution in [3.8, 4) is 0 Å². The Hall–Kier alpha value is -1.52. The molecule has 1 saturated heterocycles. The molecule has 1 aromatic carbocycles. The van der Waals surface area contributed by atoms with Crippen LogP contribution in [-0.2, 0) is 11.8 Å². The Bertz CT molecular complexity index is 904. The van der Waals surface area contributed by atoms with Gasteiger partial charge in [-0.05, 0) is 67.6 Å². The number of hydrogen-bond donors (Lipinski definition) is 1. The number of fused-ring (bicyclic) bond motifs is 3. The molecule has 6 heteroatoms. The van der Waals surface area contributed by atoms with E-state index in [0.29, 0.717) is 11.3 Å². The molecule has 2 aliphatic carbocycles. The number of nitrogens with zero attached hydrogens (tertiary/aromatic N) is 3. The van der Waals surface area contributed by atoms with Gasteiger partial charge >= 0.3 is 0 Å². The normalized spacial score (nSPS) is 23.6. The van der Waals surface area contributed by atoms with Crippen molar-refractivity contribution in [3.05, 3.63) is 46.9 Å². The van der Waals surface area contributed by atoms with Gasteiger partial charge in [-0.1, -0.05) is 19.1 Å². The average molecular weight is 433 g/mol. The lowest BCUT2D eigenvalue weighted by molar-refractivity contribution is 0.360. The predicted molar refractivity (Wildman–Crippen MR) is 123 cm³/mol. The first-order valence-corrected chi connectivity index (χ1v) is 10.7. The van der Waals surface area contributed by atoms with Gasteiger partial charge in [0.1, 0.15) is 12.1 Å². The van der Waals surface area contributed by atoms with E-state index in [9.17, 15) is 0 Å². The van der Waals surface area contributed by atoms with Gasteiger partial charge < -0.3 is 10.2 Å². The van der Waals surface area contributed by atoms with Gasteiger partial charge in [0, 0.05) is 42.0 Å². The summed E-state index contributed by atoms with van der Waals surface area (Å²) < 4.78 is 0. The zero-order valence-corrected chi connectivity index (χ0v) is 18.6. The fraction of sp³-hybridized carbons (Fsp3) is 0.565. The summed E-state index contributed by atoms with van der Waals surface area (Å²) in [6.45, 7) is 5.64. The van der Waals surface area contributed by atoms with Crippen molar-refractivity contribution in [2.24, 2.45) is 0 Å². The molecular formula is C23H30Cl2N4. The molecule has 2 aliphatic heterocycles. The maximum atomic E-state index is 4.73. The number of benzene rings is 1. The molecule has 1 N–H and O–H groups in total. The molecule has 1 atom stereocenters. The van der Waals surface area contributed by atoms with Crippen LogP contribution in [-0.4, -0.2) is 29.6 Å². The summed E-state index contributed by atoms with van der Waals surface area (Å²) in [6, 6.07) is 7.22. The molecule has 1 unspecified atom stereocenters. The van der Waals surface area contributed by atoms with E-state index >= 15 is 0 Å². The Kier molecular flexibility index (Phi) is 5.45. The van der Waals surface area contributed by atoms with Crippen molar-refractivity contribution >= 4 is 36.3 Å². The maximum Gasteiger partial charge on any atom is 0.135 e. The minimum Gasteiger partial charge on any atom is -0.384 e. The van der Waals surface area contributed by atoms with Crippen molar-refractivity contribution in [1.82, 2.24) is 9.97 Å². The van der Waals surface area contributed by atoms with Crippen molar-refractivity contribution in [3.63, 3.8) is 0 Å². The standard InChI is InChI=1S/C23H28N4.2ClH/c1-15-2-6-20-21(15)22(26-14-25-20)27-10-8-23(9-11-27)13-24-19-7-5-17(12-18(19)23)16-3-4-16;;/h5,7,12,14-16,24H,2-4,6,8-11,13H2,1H3;2*1H. The highest BCUT2D eigenvalue weighted by atomic mass is 35.5. The van der Waals surface area contributed by atoms with Crippen molar-refractivity contribution in [2.75, 3.05) is 29.9 Å². The van der Waals surface area contributed by atoms with Gasteiger partial charge in [-0.2, -0.15) is 0 Å². The predicted octanol–water partition coefficient (Wildman–Crippen LogP) is 5.21. The van der Waals surface area contributed by atoms with Gasteiger partial charge in [0.2, 0.25) is 0 Å². The maximum absolute atomic E-state index is 4.73. The SMILES string of the molecule is CC1CCc2ncnc(N3CCC4(CC3)CNc3ccc(C5CC5)cc34)c21.Cl.Cl. The Morgan fingerprint density at radius 2 is 1.86 bits per heavy atom. The van der Waals surface area contributed by atoms with Gasteiger partial charge in [-0.3, -0.25) is 0 Å². The molecule has 29 heavy (non-hydrogen) atoms. The second-order valence-corrected chi connectivity index (χ2v) is 9.20. The number of piperidine rings is 1. The zero-order valence-electron chi connectivity index (χ0n) is 17.0. The summed E-state index contributed by atoms with van der Waals surface area (Å²) in [5, 5.41) is 3.71. The highest BCUT2D eigenvalue weighted by molar-refractivity contribution is 5.85. The number of aryl methyl sites for hydroxylation is 1. The van der Waals surface area contributed by atoms with Gasteiger partial charge in [0.15, 0.2) is 0 Å². The molecule has 4 aliphatic rings. The molecule has 1 spiro atoms. The van der Waals surface area contributed by atoms with Gasteiger partial charge in [-0.25, -0.2) is 9.97 Å². The summed E-state index contributed by atoms with van der Waals surface area (Å²) in [4.78, 5) is 11.8. The van der Waals surface area contributed by atoms with Crippen LogP contribution in [0.25, 0.3) is 0 Å². The Balaban J connectivity index is 0.00000102. The van der Waals surface area contributed by atoms with E-state index in [1.807, 2.05) is 0 Å². The number of halogens is 2. The lowest BCUT2D eigenvalue weighted by atomic mass is 9.73. The van der Waals surface area contributed by atoms with E-state index in [4.69, 9.17) is 4.98 Å². The summed E-state index contributed by atoms with van der Waals surface area (Å²) in [6.07, 6.45) is 9.31. The van der Waals surface area contributed by atoms with Crippen LogP contribution in [0.4, 0.5) is 11.5 Å². The third-order valence-corrected chi connectivity index (χ3v) is 7.55. The number of hydrogen-bond acceptors (Lipinski definition) is 4. The van der Waals surface area contributed by atoms with Gasteiger partial charge in [0.05, 0.1) is 0 Å². The first kappa shape index (κ1) is 20.7. The lowest BCUT2D eigenvalue weighted by Gasteiger charge is -2.40. The molecule has 1 aromatic heterocycles. The van der Waals surface area contributed by atoms with Crippen LogP contribution in [0.1, 0.15) is 73.2 Å². The molecule has 156 valence electrons. The molecule has 2 aromatic rings. The second kappa shape index (κ2) is 7.63. The Morgan fingerprint density at radius 3 is 2.62 bits per heavy atom. The Labute approximate surface area is 185 Å². The van der Waals surface area contributed by atoms with Gasteiger partial charge in [-0.15, -0.1) is 24.8 Å². The fourth-order valence-corrected chi connectivity index (χ4v) is 5.65. The van der Waals surface area contributed by atoms with Crippen molar-refractivity contribution in [1.29, 1.82) is 0 Å². The summed E-state index contributed by atoms with van der Waals surface area (Å²) in [7, 11) is 0. The third kappa shape index (κ3) is 3.29. The largest absolute Gasteiger partial charge is 0.384 e. The van der Waals surface area contributed by atoms with E-state index in [1.54, 1.807) is 17.5 Å². The quantitative estimate of drug-likeness (QED) is 0.706. The third-order valence-electron chi connectivity index (χ3n) is 7.55. The highest BCUT2D eigenvalue weighted by Gasteiger charge is 2.43. The lowest BCUT2D eigenvalue weighted by Crippen LogP contribution is -2.44. The van der Waals surface area contributed by atoms with Crippen LogP contribution in [0.2, 0.25) is 0 Å². The van der Waals surface area contributed by atoms with E-state index in [2.05, 4.69) is 40.3 Å². The molecule has 3 heterocycles.